The number of ketones is 1. The number of thioether (sulfide) groups is 1. The fourth-order valence-electron chi connectivity index (χ4n) is 1.33. The van der Waals surface area contributed by atoms with Crippen LogP contribution in [-0.2, 0) is 9.59 Å². The zero-order valence-electron chi connectivity index (χ0n) is 9.55. The molecule has 0 amide bonds. The first-order valence-corrected chi connectivity index (χ1v) is 6.34. The number of carbonyl (C=O) groups is 3. The lowest BCUT2D eigenvalue weighted by Gasteiger charge is -2.09. The predicted octanol–water partition coefficient (Wildman–Crippen LogP) is 2.65. The molecule has 0 fully saturated rings. The average Bonchev–Trinajstić information content (AvgIpc) is 2.27. The highest BCUT2D eigenvalue weighted by Crippen LogP contribution is 2.20. The number of benzene rings is 1. The van der Waals surface area contributed by atoms with E-state index < -0.39 is 11.2 Å². The summed E-state index contributed by atoms with van der Waals surface area (Å²) in [4.78, 5) is 33.7. The van der Waals surface area contributed by atoms with Gasteiger partial charge in [-0.1, -0.05) is 35.5 Å². The van der Waals surface area contributed by atoms with Gasteiger partial charge in [-0.05, 0) is 12.1 Å². The Labute approximate surface area is 113 Å². The molecule has 0 bridgehead atoms. The van der Waals surface area contributed by atoms with E-state index in [4.69, 9.17) is 16.7 Å². The number of halogens is 1. The summed E-state index contributed by atoms with van der Waals surface area (Å²) in [5.74, 6) is -1.52. The van der Waals surface area contributed by atoms with Gasteiger partial charge < -0.3 is 5.11 Å². The highest BCUT2D eigenvalue weighted by molar-refractivity contribution is 8.14. The Morgan fingerprint density at radius 2 is 2.06 bits per heavy atom. The van der Waals surface area contributed by atoms with Crippen molar-refractivity contribution < 1.29 is 19.5 Å². The van der Waals surface area contributed by atoms with Crippen LogP contribution in [-0.4, -0.2) is 27.2 Å². The lowest BCUT2D eigenvalue weighted by atomic mass is 10.1. The first-order chi connectivity index (χ1) is 8.40. The maximum absolute atomic E-state index is 11.8. The number of carbonyl (C=O) groups excluding carboxylic acids is 2. The summed E-state index contributed by atoms with van der Waals surface area (Å²) in [6.07, 6.45) is -0.236. The van der Waals surface area contributed by atoms with Crippen molar-refractivity contribution in [1.82, 2.24) is 0 Å². The van der Waals surface area contributed by atoms with Gasteiger partial charge in [0.25, 0.3) is 0 Å². The van der Waals surface area contributed by atoms with Crippen LogP contribution in [0.3, 0.4) is 0 Å². The molecule has 1 unspecified atom stereocenters. The molecule has 1 atom stereocenters. The number of hydrogen-bond acceptors (Lipinski definition) is 4. The van der Waals surface area contributed by atoms with E-state index in [1.807, 2.05) is 0 Å². The predicted molar refractivity (Wildman–Crippen MR) is 70.1 cm³/mol. The van der Waals surface area contributed by atoms with Crippen LogP contribution in [0.4, 0.5) is 0 Å². The second kappa shape index (κ2) is 6.56. The highest BCUT2D eigenvalue weighted by Gasteiger charge is 2.24. The summed E-state index contributed by atoms with van der Waals surface area (Å²) in [6.45, 7) is 1.27. The van der Waals surface area contributed by atoms with E-state index >= 15 is 0 Å². The molecule has 0 aliphatic heterocycles. The second-order valence-electron chi connectivity index (χ2n) is 3.57. The van der Waals surface area contributed by atoms with Crippen LogP contribution in [0.5, 0.6) is 0 Å². The molecule has 0 saturated carbocycles. The Hall–Kier alpha value is -1.33. The Morgan fingerprint density at radius 1 is 1.39 bits per heavy atom. The molecule has 18 heavy (non-hydrogen) atoms. The molecule has 6 heteroatoms. The van der Waals surface area contributed by atoms with E-state index in [0.29, 0.717) is 22.3 Å². The molecule has 0 aromatic heterocycles. The molecule has 1 aromatic rings. The van der Waals surface area contributed by atoms with Crippen molar-refractivity contribution in [1.29, 1.82) is 0 Å². The highest BCUT2D eigenvalue weighted by atomic mass is 35.5. The maximum Gasteiger partial charge on any atom is 0.317 e. The van der Waals surface area contributed by atoms with Gasteiger partial charge in [-0.3, -0.25) is 14.4 Å². The van der Waals surface area contributed by atoms with Crippen LogP contribution in [0.1, 0.15) is 23.7 Å². The van der Waals surface area contributed by atoms with Crippen LogP contribution < -0.4 is 0 Å². The molecule has 0 saturated heterocycles. The minimum absolute atomic E-state index is 0.236. The summed E-state index contributed by atoms with van der Waals surface area (Å²) in [6, 6.07) is 6.27. The van der Waals surface area contributed by atoms with Gasteiger partial charge in [0.05, 0.1) is 0 Å². The molecule has 0 aliphatic rings. The van der Waals surface area contributed by atoms with Crippen molar-refractivity contribution >= 4 is 40.2 Å². The summed E-state index contributed by atoms with van der Waals surface area (Å²) >= 11 is 6.39. The summed E-state index contributed by atoms with van der Waals surface area (Å²) in [5, 5.41) is 7.94. The van der Waals surface area contributed by atoms with Crippen molar-refractivity contribution in [2.75, 3.05) is 0 Å². The molecule has 1 N–H and O–H groups in total. The van der Waals surface area contributed by atoms with Gasteiger partial charge in [0.2, 0.25) is 0 Å². The van der Waals surface area contributed by atoms with Crippen molar-refractivity contribution in [3.8, 4) is 0 Å². The van der Waals surface area contributed by atoms with E-state index in [2.05, 4.69) is 0 Å². The first kappa shape index (κ1) is 14.7. The fourth-order valence-corrected chi connectivity index (χ4v) is 2.25. The van der Waals surface area contributed by atoms with Crippen LogP contribution in [0, 0.1) is 0 Å². The third-order valence-corrected chi connectivity index (χ3v) is 3.32. The minimum atomic E-state index is -1.18. The molecule has 1 aromatic carbocycles. The second-order valence-corrected chi connectivity index (χ2v) is 5.39. The van der Waals surface area contributed by atoms with Crippen LogP contribution in [0.2, 0.25) is 5.02 Å². The van der Waals surface area contributed by atoms with Crippen molar-refractivity contribution in [3.63, 3.8) is 0 Å². The lowest BCUT2D eigenvalue weighted by molar-refractivity contribution is -0.136. The van der Waals surface area contributed by atoms with E-state index in [-0.39, 0.29) is 17.3 Å². The number of carboxylic acid groups (broad SMARTS) is 1. The van der Waals surface area contributed by atoms with Gasteiger partial charge in [0.1, 0.15) is 5.25 Å². The molecule has 0 radical (unpaired) electrons. The third kappa shape index (κ3) is 4.50. The van der Waals surface area contributed by atoms with Gasteiger partial charge in [-0.2, -0.15) is 0 Å². The summed E-state index contributed by atoms with van der Waals surface area (Å²) in [5.41, 5.74) is 0.345. The first-order valence-electron chi connectivity index (χ1n) is 5.09. The molecule has 0 spiro atoms. The monoisotopic (exact) mass is 286 g/mol. The molecule has 0 aliphatic carbocycles. The van der Waals surface area contributed by atoms with E-state index in [0.717, 1.165) is 0 Å². The quantitative estimate of drug-likeness (QED) is 0.843. The standard InChI is InChI=1S/C12H11ClO4S/c1-7(14)18-11(12(16)17)6-10(15)8-3-2-4-9(13)5-8/h2-5,11H,6H2,1H3,(H,16,17). The molecular formula is C12H11ClO4S. The smallest absolute Gasteiger partial charge is 0.317 e. The molecule has 96 valence electrons. The lowest BCUT2D eigenvalue weighted by Crippen LogP contribution is -2.21. The van der Waals surface area contributed by atoms with Gasteiger partial charge in [0.15, 0.2) is 10.9 Å². The number of rotatable bonds is 5. The fraction of sp³-hybridized carbons (Fsp3) is 0.250. The Balaban J connectivity index is 2.78. The molecular weight excluding hydrogens is 276 g/mol. The number of Topliss-reactive ketones (excluding diaryl/α,β-unsaturated/α-hetero) is 1. The van der Waals surface area contributed by atoms with Crippen LogP contribution in [0.15, 0.2) is 24.3 Å². The van der Waals surface area contributed by atoms with E-state index in [9.17, 15) is 14.4 Å². The maximum atomic E-state index is 11.8. The number of hydrogen-bond donors (Lipinski definition) is 1. The topological polar surface area (TPSA) is 71.4 Å². The van der Waals surface area contributed by atoms with E-state index in [1.165, 1.54) is 13.0 Å². The van der Waals surface area contributed by atoms with Crippen molar-refractivity contribution in [3.05, 3.63) is 34.9 Å². The minimum Gasteiger partial charge on any atom is -0.480 e. The van der Waals surface area contributed by atoms with Gasteiger partial charge in [-0.25, -0.2) is 0 Å². The molecule has 1 rings (SSSR count). The number of carboxylic acids is 1. The zero-order valence-corrected chi connectivity index (χ0v) is 11.1. The van der Waals surface area contributed by atoms with Crippen molar-refractivity contribution in [2.45, 2.75) is 18.6 Å². The Kier molecular flexibility index (Phi) is 5.37. The van der Waals surface area contributed by atoms with Crippen LogP contribution >= 0.6 is 23.4 Å². The zero-order chi connectivity index (χ0) is 13.7. The van der Waals surface area contributed by atoms with Crippen LogP contribution in [0.25, 0.3) is 0 Å². The SMILES string of the molecule is CC(=O)SC(CC(=O)c1cccc(Cl)c1)C(=O)O. The molecule has 4 nitrogen and oxygen atoms in total. The molecule has 0 heterocycles. The van der Waals surface area contributed by atoms with Crippen molar-refractivity contribution in [2.24, 2.45) is 0 Å². The number of aliphatic carboxylic acids is 1. The van der Waals surface area contributed by atoms with Gasteiger partial charge >= 0.3 is 5.97 Å². The Bertz CT molecular complexity index is 487. The summed E-state index contributed by atoms with van der Waals surface area (Å²) < 4.78 is 0. The third-order valence-electron chi connectivity index (χ3n) is 2.10. The van der Waals surface area contributed by atoms with E-state index in [1.54, 1.807) is 18.2 Å². The van der Waals surface area contributed by atoms with Gasteiger partial charge in [-0.15, -0.1) is 0 Å². The largest absolute Gasteiger partial charge is 0.480 e. The van der Waals surface area contributed by atoms with Gasteiger partial charge in [0, 0.05) is 23.9 Å². The summed E-state index contributed by atoms with van der Waals surface area (Å²) in [7, 11) is 0. The Morgan fingerprint density at radius 3 is 2.56 bits per heavy atom. The average molecular weight is 287 g/mol. The normalized spacial score (nSPS) is 11.9.